The van der Waals surface area contributed by atoms with Gasteiger partial charge in [0.2, 0.25) is 5.91 Å². The molecule has 4 nitrogen and oxygen atoms in total. The van der Waals surface area contributed by atoms with E-state index in [4.69, 9.17) is 0 Å². The van der Waals surface area contributed by atoms with Gasteiger partial charge in [0.1, 0.15) is 0 Å². The molecule has 0 aromatic heterocycles. The number of hydrogen-bond acceptors (Lipinski definition) is 2. The lowest BCUT2D eigenvalue weighted by Gasteiger charge is -2.41. The average molecular weight is 328 g/mol. The van der Waals surface area contributed by atoms with Crippen LogP contribution >= 0.6 is 0 Å². The monoisotopic (exact) mass is 328 g/mol. The number of piperidine rings is 1. The van der Waals surface area contributed by atoms with Crippen LogP contribution in [0, 0.1) is 24.7 Å². The third-order valence-electron chi connectivity index (χ3n) is 5.71. The highest BCUT2D eigenvalue weighted by Crippen LogP contribution is 2.36. The second-order valence-electron chi connectivity index (χ2n) is 7.59. The zero-order valence-electron chi connectivity index (χ0n) is 14.7. The van der Waals surface area contributed by atoms with E-state index in [1.165, 1.54) is 12.8 Å². The van der Waals surface area contributed by atoms with Crippen molar-refractivity contribution in [1.82, 2.24) is 10.6 Å². The van der Waals surface area contributed by atoms with Crippen LogP contribution in [0.3, 0.4) is 0 Å². The van der Waals surface area contributed by atoms with Crippen LogP contribution in [0.15, 0.2) is 24.3 Å². The van der Waals surface area contributed by atoms with Gasteiger partial charge in [-0.3, -0.25) is 9.59 Å². The Hall–Kier alpha value is -1.84. The van der Waals surface area contributed by atoms with Gasteiger partial charge in [-0.15, -0.1) is 0 Å². The molecule has 0 radical (unpaired) electrons. The van der Waals surface area contributed by atoms with Crippen molar-refractivity contribution < 1.29 is 9.59 Å². The fraction of sp³-hybridized carbons (Fsp3) is 0.600. The number of carbonyl (C=O) groups is 2. The predicted molar refractivity (Wildman–Crippen MR) is 94.7 cm³/mol. The molecule has 2 amide bonds. The standard InChI is InChI=1S/C20H28N2O2/c1-13-7-8-15-12-16(19(23)22-18(15)11-13)9-10-21-20(24)17-6-4-3-5-14(17)2/h3-6,13,15-16,18H,7-12H2,1-2H3,(H,21,24)(H,22,23). The van der Waals surface area contributed by atoms with Gasteiger partial charge in [0.05, 0.1) is 0 Å². The molecule has 2 fully saturated rings. The number of fused-ring (bicyclic) bond motifs is 1. The van der Waals surface area contributed by atoms with Crippen LogP contribution in [0.1, 0.15) is 54.9 Å². The molecule has 130 valence electrons. The van der Waals surface area contributed by atoms with Crippen molar-refractivity contribution in [2.75, 3.05) is 6.54 Å². The second-order valence-corrected chi connectivity index (χ2v) is 7.59. The van der Waals surface area contributed by atoms with E-state index < -0.39 is 0 Å². The number of rotatable bonds is 4. The van der Waals surface area contributed by atoms with Crippen molar-refractivity contribution in [3.05, 3.63) is 35.4 Å². The molecule has 4 heteroatoms. The van der Waals surface area contributed by atoms with Crippen LogP contribution in [-0.2, 0) is 4.79 Å². The number of amides is 2. The van der Waals surface area contributed by atoms with Crippen molar-refractivity contribution in [2.45, 2.75) is 52.0 Å². The third-order valence-corrected chi connectivity index (χ3v) is 5.71. The normalized spacial score (nSPS) is 29.5. The van der Waals surface area contributed by atoms with Crippen molar-refractivity contribution in [3.8, 4) is 0 Å². The summed E-state index contributed by atoms with van der Waals surface area (Å²) in [5, 5.41) is 6.19. The average Bonchev–Trinajstić information content (AvgIpc) is 2.55. The van der Waals surface area contributed by atoms with Crippen LogP contribution in [0.25, 0.3) is 0 Å². The van der Waals surface area contributed by atoms with E-state index in [-0.39, 0.29) is 17.7 Å². The van der Waals surface area contributed by atoms with E-state index in [0.29, 0.717) is 24.1 Å². The maximum atomic E-state index is 12.3. The van der Waals surface area contributed by atoms with Crippen molar-refractivity contribution in [1.29, 1.82) is 0 Å². The van der Waals surface area contributed by atoms with Gasteiger partial charge in [0.15, 0.2) is 0 Å². The van der Waals surface area contributed by atoms with Crippen LogP contribution in [-0.4, -0.2) is 24.4 Å². The van der Waals surface area contributed by atoms with Gasteiger partial charge in [-0.05, 0) is 56.1 Å². The first-order valence-corrected chi connectivity index (χ1v) is 9.18. The molecule has 1 saturated heterocycles. The van der Waals surface area contributed by atoms with Crippen LogP contribution < -0.4 is 10.6 Å². The summed E-state index contributed by atoms with van der Waals surface area (Å²) < 4.78 is 0. The quantitative estimate of drug-likeness (QED) is 0.892. The van der Waals surface area contributed by atoms with E-state index in [9.17, 15) is 9.59 Å². The van der Waals surface area contributed by atoms with E-state index in [2.05, 4.69) is 17.6 Å². The molecule has 3 rings (SSSR count). The van der Waals surface area contributed by atoms with Crippen LogP contribution in [0.5, 0.6) is 0 Å². The molecule has 1 aromatic rings. The molecule has 1 aromatic carbocycles. The molecule has 0 spiro atoms. The van der Waals surface area contributed by atoms with Crippen LogP contribution in [0.4, 0.5) is 0 Å². The summed E-state index contributed by atoms with van der Waals surface area (Å²) in [6.45, 7) is 4.77. The molecule has 2 N–H and O–H groups in total. The highest BCUT2D eigenvalue weighted by Gasteiger charge is 2.38. The Morgan fingerprint density at radius 3 is 2.83 bits per heavy atom. The molecule has 24 heavy (non-hydrogen) atoms. The van der Waals surface area contributed by atoms with Gasteiger partial charge in [-0.2, -0.15) is 0 Å². The lowest BCUT2D eigenvalue weighted by molar-refractivity contribution is -0.130. The summed E-state index contributed by atoms with van der Waals surface area (Å²) in [4.78, 5) is 24.6. The van der Waals surface area contributed by atoms with Gasteiger partial charge < -0.3 is 10.6 Å². The van der Waals surface area contributed by atoms with Gasteiger partial charge in [-0.1, -0.05) is 31.5 Å². The van der Waals surface area contributed by atoms with Gasteiger partial charge >= 0.3 is 0 Å². The SMILES string of the molecule is Cc1ccccc1C(=O)NCCC1CC2CCC(C)CC2NC1=O. The zero-order chi connectivity index (χ0) is 17.1. The van der Waals surface area contributed by atoms with E-state index in [1.54, 1.807) is 0 Å². The number of aryl methyl sites for hydroxylation is 1. The first-order valence-electron chi connectivity index (χ1n) is 9.18. The molecular formula is C20H28N2O2. The smallest absolute Gasteiger partial charge is 0.251 e. The molecule has 1 aliphatic heterocycles. The Morgan fingerprint density at radius 1 is 1.25 bits per heavy atom. The summed E-state index contributed by atoms with van der Waals surface area (Å²) >= 11 is 0. The van der Waals surface area contributed by atoms with Crippen molar-refractivity contribution in [3.63, 3.8) is 0 Å². The fourth-order valence-electron chi connectivity index (χ4n) is 4.21. The third kappa shape index (κ3) is 3.80. The predicted octanol–water partition coefficient (Wildman–Crippen LogP) is 3.06. The summed E-state index contributed by atoms with van der Waals surface area (Å²) in [5.41, 5.74) is 1.69. The number of hydrogen-bond donors (Lipinski definition) is 2. The minimum absolute atomic E-state index is 0.0387. The number of carbonyl (C=O) groups excluding carboxylic acids is 2. The Labute approximate surface area is 144 Å². The maximum Gasteiger partial charge on any atom is 0.251 e. The minimum Gasteiger partial charge on any atom is -0.353 e. The Kier molecular flexibility index (Phi) is 5.22. The number of nitrogens with one attached hydrogen (secondary N) is 2. The highest BCUT2D eigenvalue weighted by atomic mass is 16.2. The minimum atomic E-state index is -0.0475. The first kappa shape index (κ1) is 17.0. The zero-order valence-corrected chi connectivity index (χ0v) is 14.7. The largest absolute Gasteiger partial charge is 0.353 e. The molecule has 2 aliphatic rings. The first-order chi connectivity index (χ1) is 11.5. The van der Waals surface area contributed by atoms with E-state index in [0.717, 1.165) is 30.7 Å². The lowest BCUT2D eigenvalue weighted by atomic mass is 9.72. The molecule has 0 bridgehead atoms. The highest BCUT2D eigenvalue weighted by molar-refractivity contribution is 5.95. The number of benzene rings is 1. The van der Waals surface area contributed by atoms with Gasteiger partial charge in [0.25, 0.3) is 5.91 Å². The van der Waals surface area contributed by atoms with Gasteiger partial charge in [-0.25, -0.2) is 0 Å². The van der Waals surface area contributed by atoms with Gasteiger partial charge in [0, 0.05) is 24.1 Å². The summed E-state index contributed by atoms with van der Waals surface area (Å²) in [5.74, 6) is 1.51. The summed E-state index contributed by atoms with van der Waals surface area (Å²) in [6, 6.07) is 7.96. The Bertz CT molecular complexity index is 613. The molecule has 4 atom stereocenters. The fourth-order valence-corrected chi connectivity index (χ4v) is 4.21. The molecule has 1 aliphatic carbocycles. The van der Waals surface area contributed by atoms with E-state index >= 15 is 0 Å². The lowest BCUT2D eigenvalue weighted by Crippen LogP contribution is -2.52. The molecule has 1 heterocycles. The van der Waals surface area contributed by atoms with Crippen molar-refractivity contribution >= 4 is 11.8 Å². The van der Waals surface area contributed by atoms with Crippen molar-refractivity contribution in [2.24, 2.45) is 17.8 Å². The molecule has 4 unspecified atom stereocenters. The second kappa shape index (κ2) is 7.37. The summed E-state index contributed by atoms with van der Waals surface area (Å²) in [7, 11) is 0. The Balaban J connectivity index is 1.49. The Morgan fingerprint density at radius 2 is 2.04 bits per heavy atom. The molecular weight excluding hydrogens is 300 g/mol. The summed E-state index contributed by atoms with van der Waals surface area (Å²) in [6.07, 6.45) is 5.31. The maximum absolute atomic E-state index is 12.3. The topological polar surface area (TPSA) is 58.2 Å². The molecule has 1 saturated carbocycles. The van der Waals surface area contributed by atoms with E-state index in [1.807, 2.05) is 31.2 Å². The van der Waals surface area contributed by atoms with Crippen LogP contribution in [0.2, 0.25) is 0 Å².